The van der Waals surface area contributed by atoms with Crippen molar-refractivity contribution in [3.05, 3.63) is 11.2 Å². The molecule has 1 atom stereocenters. The third-order valence-electron chi connectivity index (χ3n) is 2.87. The van der Waals surface area contributed by atoms with Crippen LogP contribution in [0.2, 0.25) is 5.02 Å². The summed E-state index contributed by atoms with van der Waals surface area (Å²) >= 11 is 6.01. The highest BCUT2D eigenvalue weighted by molar-refractivity contribution is 6.32. The normalized spacial score (nSPS) is 19.8. The molecule has 6 nitrogen and oxygen atoms in total. The zero-order valence-electron chi connectivity index (χ0n) is 10.3. The van der Waals surface area contributed by atoms with Gasteiger partial charge in [0.25, 0.3) is 0 Å². The van der Waals surface area contributed by atoms with Crippen LogP contribution in [0.1, 0.15) is 12.8 Å². The molecule has 1 aliphatic heterocycles. The van der Waals surface area contributed by atoms with Crippen molar-refractivity contribution < 1.29 is 9.53 Å². The second-order valence-corrected chi connectivity index (χ2v) is 4.61. The van der Waals surface area contributed by atoms with Crippen LogP contribution >= 0.6 is 11.6 Å². The SMILES string of the molecule is COc1ncc(Cl)c(NC2CCC(=O)N(C)C2)n1. The molecule has 1 unspecified atom stereocenters. The van der Waals surface area contributed by atoms with E-state index in [2.05, 4.69) is 15.3 Å². The summed E-state index contributed by atoms with van der Waals surface area (Å²) in [5.74, 6) is 0.704. The third kappa shape index (κ3) is 2.81. The number of amides is 1. The molecule has 1 aliphatic rings. The Hall–Kier alpha value is -1.56. The number of likely N-dealkylation sites (tertiary alicyclic amines) is 1. The molecule has 1 aromatic rings. The quantitative estimate of drug-likeness (QED) is 0.893. The van der Waals surface area contributed by atoms with E-state index in [0.717, 1.165) is 6.42 Å². The highest BCUT2D eigenvalue weighted by atomic mass is 35.5. The monoisotopic (exact) mass is 270 g/mol. The Kier molecular flexibility index (Phi) is 3.86. The van der Waals surface area contributed by atoms with Crippen molar-refractivity contribution in [1.29, 1.82) is 0 Å². The number of hydrogen-bond donors (Lipinski definition) is 1. The smallest absolute Gasteiger partial charge is 0.318 e. The lowest BCUT2D eigenvalue weighted by Crippen LogP contribution is -2.43. The van der Waals surface area contributed by atoms with Gasteiger partial charge in [0, 0.05) is 26.1 Å². The van der Waals surface area contributed by atoms with Crippen LogP contribution in [0.15, 0.2) is 6.20 Å². The van der Waals surface area contributed by atoms with Gasteiger partial charge in [-0.15, -0.1) is 0 Å². The Labute approximate surface area is 110 Å². The van der Waals surface area contributed by atoms with Gasteiger partial charge in [0.15, 0.2) is 5.82 Å². The summed E-state index contributed by atoms with van der Waals surface area (Å²) in [5.41, 5.74) is 0. The van der Waals surface area contributed by atoms with Crippen LogP contribution in [-0.2, 0) is 4.79 Å². The fourth-order valence-electron chi connectivity index (χ4n) is 1.87. The molecule has 1 aromatic heterocycles. The molecule has 1 fully saturated rings. The molecular formula is C11H15ClN4O2. The van der Waals surface area contributed by atoms with Gasteiger partial charge in [-0.25, -0.2) is 4.98 Å². The first-order chi connectivity index (χ1) is 8.60. The summed E-state index contributed by atoms with van der Waals surface area (Å²) in [6.45, 7) is 0.640. The van der Waals surface area contributed by atoms with Crippen LogP contribution in [-0.4, -0.2) is 47.5 Å². The van der Waals surface area contributed by atoms with Crippen LogP contribution in [0.5, 0.6) is 6.01 Å². The maximum absolute atomic E-state index is 11.4. The van der Waals surface area contributed by atoms with E-state index >= 15 is 0 Å². The van der Waals surface area contributed by atoms with E-state index in [9.17, 15) is 4.79 Å². The van der Waals surface area contributed by atoms with Gasteiger partial charge >= 0.3 is 6.01 Å². The Morgan fingerprint density at radius 1 is 1.61 bits per heavy atom. The summed E-state index contributed by atoms with van der Waals surface area (Å²) in [6.07, 6.45) is 2.80. The van der Waals surface area contributed by atoms with Gasteiger partial charge in [-0.2, -0.15) is 4.98 Å². The first-order valence-corrected chi connectivity index (χ1v) is 6.05. The molecule has 98 valence electrons. The molecule has 18 heavy (non-hydrogen) atoms. The van der Waals surface area contributed by atoms with E-state index in [1.54, 1.807) is 11.9 Å². The second kappa shape index (κ2) is 5.39. The molecule has 7 heteroatoms. The van der Waals surface area contributed by atoms with Crippen LogP contribution in [0, 0.1) is 0 Å². The summed E-state index contributed by atoms with van der Waals surface area (Å²) in [6, 6.07) is 0.409. The first kappa shape index (κ1) is 12.9. The minimum absolute atomic E-state index is 0.143. The summed E-state index contributed by atoms with van der Waals surface area (Å²) in [4.78, 5) is 21.1. The Balaban J connectivity index is 2.07. The van der Waals surface area contributed by atoms with E-state index < -0.39 is 0 Å². The van der Waals surface area contributed by atoms with Crippen LogP contribution in [0.25, 0.3) is 0 Å². The lowest BCUT2D eigenvalue weighted by Gasteiger charge is -2.30. The minimum Gasteiger partial charge on any atom is -0.467 e. The van der Waals surface area contributed by atoms with Gasteiger partial charge in [-0.3, -0.25) is 4.79 Å². The van der Waals surface area contributed by atoms with Gasteiger partial charge in [0.1, 0.15) is 5.02 Å². The van der Waals surface area contributed by atoms with Crippen molar-refractivity contribution in [2.45, 2.75) is 18.9 Å². The van der Waals surface area contributed by atoms with Crippen molar-refractivity contribution in [3.8, 4) is 6.01 Å². The average molecular weight is 271 g/mol. The Bertz CT molecular complexity index is 455. The molecule has 0 aliphatic carbocycles. The number of ether oxygens (including phenoxy) is 1. The Morgan fingerprint density at radius 2 is 2.39 bits per heavy atom. The number of likely N-dealkylation sites (N-methyl/N-ethyl adjacent to an activating group) is 1. The number of methoxy groups -OCH3 is 1. The van der Waals surface area contributed by atoms with Crippen molar-refractivity contribution in [1.82, 2.24) is 14.9 Å². The molecule has 0 spiro atoms. The lowest BCUT2D eigenvalue weighted by molar-refractivity contribution is -0.132. The van der Waals surface area contributed by atoms with Gasteiger partial charge in [0.05, 0.1) is 13.3 Å². The van der Waals surface area contributed by atoms with Gasteiger partial charge < -0.3 is 15.0 Å². The predicted octanol–water partition coefficient (Wildman–Crippen LogP) is 1.17. The summed E-state index contributed by atoms with van der Waals surface area (Å²) < 4.78 is 4.95. The fraction of sp³-hybridized carbons (Fsp3) is 0.545. The highest BCUT2D eigenvalue weighted by Gasteiger charge is 2.23. The Morgan fingerprint density at radius 3 is 3.06 bits per heavy atom. The van der Waals surface area contributed by atoms with Gasteiger partial charge in [-0.1, -0.05) is 11.6 Å². The molecule has 1 N–H and O–H groups in total. The summed E-state index contributed by atoms with van der Waals surface area (Å²) in [5, 5.41) is 3.66. The molecule has 2 rings (SSSR count). The molecule has 1 amide bonds. The van der Waals surface area contributed by atoms with E-state index in [0.29, 0.717) is 23.8 Å². The molecule has 0 aromatic carbocycles. The number of carbonyl (C=O) groups is 1. The lowest BCUT2D eigenvalue weighted by atomic mass is 10.1. The predicted molar refractivity (Wildman–Crippen MR) is 67.9 cm³/mol. The summed E-state index contributed by atoms with van der Waals surface area (Å²) in [7, 11) is 3.29. The van der Waals surface area contributed by atoms with E-state index in [1.807, 2.05) is 0 Å². The number of nitrogens with one attached hydrogen (secondary N) is 1. The topological polar surface area (TPSA) is 67.3 Å². The highest BCUT2D eigenvalue weighted by Crippen LogP contribution is 2.23. The van der Waals surface area contributed by atoms with Crippen molar-refractivity contribution in [2.75, 3.05) is 26.0 Å². The number of hydrogen-bond acceptors (Lipinski definition) is 5. The number of rotatable bonds is 3. The van der Waals surface area contributed by atoms with E-state index in [4.69, 9.17) is 16.3 Å². The molecule has 0 radical (unpaired) electrons. The number of aromatic nitrogens is 2. The molecule has 2 heterocycles. The zero-order chi connectivity index (χ0) is 13.1. The number of halogens is 1. The number of carbonyl (C=O) groups excluding carboxylic acids is 1. The maximum Gasteiger partial charge on any atom is 0.318 e. The number of anilines is 1. The zero-order valence-corrected chi connectivity index (χ0v) is 11.1. The first-order valence-electron chi connectivity index (χ1n) is 5.67. The van der Waals surface area contributed by atoms with Crippen molar-refractivity contribution in [3.63, 3.8) is 0 Å². The molecule has 0 saturated carbocycles. The van der Waals surface area contributed by atoms with Crippen molar-refractivity contribution in [2.24, 2.45) is 0 Å². The van der Waals surface area contributed by atoms with Crippen LogP contribution in [0.3, 0.4) is 0 Å². The molecule has 1 saturated heterocycles. The van der Waals surface area contributed by atoms with Crippen LogP contribution in [0.4, 0.5) is 5.82 Å². The van der Waals surface area contributed by atoms with Crippen molar-refractivity contribution >= 4 is 23.3 Å². The molecule has 0 bridgehead atoms. The van der Waals surface area contributed by atoms with E-state index in [-0.39, 0.29) is 18.0 Å². The second-order valence-electron chi connectivity index (χ2n) is 4.21. The fourth-order valence-corrected chi connectivity index (χ4v) is 2.02. The van der Waals surface area contributed by atoms with Gasteiger partial charge in [0.2, 0.25) is 5.91 Å². The largest absolute Gasteiger partial charge is 0.467 e. The number of piperidine rings is 1. The minimum atomic E-state index is 0.143. The van der Waals surface area contributed by atoms with Gasteiger partial charge in [-0.05, 0) is 6.42 Å². The third-order valence-corrected chi connectivity index (χ3v) is 3.15. The number of nitrogens with zero attached hydrogens (tertiary/aromatic N) is 3. The molecular weight excluding hydrogens is 256 g/mol. The maximum atomic E-state index is 11.4. The van der Waals surface area contributed by atoms with Crippen LogP contribution < -0.4 is 10.1 Å². The van der Waals surface area contributed by atoms with E-state index in [1.165, 1.54) is 13.3 Å². The average Bonchev–Trinajstić information content (AvgIpc) is 2.36. The standard InChI is InChI=1S/C11H15ClN4O2/c1-16-6-7(3-4-9(16)17)14-10-8(12)5-13-11(15-10)18-2/h5,7H,3-4,6H2,1-2H3,(H,13,14,15).